The normalized spacial score (nSPS) is 27.6. The summed E-state index contributed by atoms with van der Waals surface area (Å²) in [6.45, 7) is -0.0991. The molecule has 0 aromatic heterocycles. The van der Waals surface area contributed by atoms with E-state index in [1.54, 1.807) is 18.2 Å². The monoisotopic (exact) mass is 520 g/mol. The van der Waals surface area contributed by atoms with Crippen molar-refractivity contribution in [3.8, 4) is 0 Å². The molecule has 0 spiro atoms. The van der Waals surface area contributed by atoms with Gasteiger partial charge in [0, 0.05) is 16.6 Å². The van der Waals surface area contributed by atoms with Gasteiger partial charge in [-0.15, -0.1) is 0 Å². The number of nitrogens with one attached hydrogen (secondary N) is 1. The number of hydrogen-bond acceptors (Lipinski definition) is 3. The number of halogens is 2. The maximum Gasteiger partial charge on any atom is 0.241 e. The van der Waals surface area contributed by atoms with Crippen LogP contribution >= 0.6 is 23.2 Å². The van der Waals surface area contributed by atoms with E-state index in [9.17, 15) is 13.2 Å². The molecule has 1 amide bonds. The molecule has 0 aliphatic heterocycles. The Morgan fingerprint density at radius 2 is 1.59 bits per heavy atom. The van der Waals surface area contributed by atoms with Crippen molar-refractivity contribution in [3.63, 3.8) is 0 Å². The van der Waals surface area contributed by atoms with E-state index in [2.05, 4.69) is 17.4 Å². The van der Waals surface area contributed by atoms with Crippen LogP contribution in [0.1, 0.15) is 49.7 Å². The molecule has 1 N–H and O–H groups in total. The lowest BCUT2D eigenvalue weighted by molar-refractivity contribution is -0.119. The molecular formula is C26H30Cl2N2O3S. The Balaban J connectivity index is 1.29. The molecule has 8 heteroatoms. The van der Waals surface area contributed by atoms with Gasteiger partial charge in [0.2, 0.25) is 15.9 Å². The van der Waals surface area contributed by atoms with Gasteiger partial charge in [0.1, 0.15) is 6.54 Å². The van der Waals surface area contributed by atoms with E-state index < -0.39 is 15.9 Å². The lowest BCUT2D eigenvalue weighted by Gasteiger charge is -2.57. The van der Waals surface area contributed by atoms with Crippen molar-refractivity contribution in [2.24, 2.45) is 17.8 Å². The van der Waals surface area contributed by atoms with Crippen LogP contribution in [0.5, 0.6) is 0 Å². The highest BCUT2D eigenvalue weighted by atomic mass is 35.5. The Morgan fingerprint density at radius 3 is 2.12 bits per heavy atom. The second kappa shape index (κ2) is 9.03. The molecule has 4 fully saturated rings. The van der Waals surface area contributed by atoms with Crippen molar-refractivity contribution in [1.29, 1.82) is 0 Å². The van der Waals surface area contributed by atoms with Crippen LogP contribution in [-0.4, -0.2) is 27.1 Å². The Labute approximate surface area is 211 Å². The van der Waals surface area contributed by atoms with Crippen LogP contribution < -0.4 is 9.62 Å². The molecule has 2 aromatic carbocycles. The number of carbonyl (C=O) groups excluding carboxylic acids is 1. The van der Waals surface area contributed by atoms with E-state index in [0.717, 1.165) is 28.3 Å². The average molecular weight is 522 g/mol. The van der Waals surface area contributed by atoms with Crippen LogP contribution in [-0.2, 0) is 26.8 Å². The lowest BCUT2D eigenvalue weighted by atomic mass is 9.48. The molecule has 4 aliphatic rings. The van der Waals surface area contributed by atoms with Gasteiger partial charge in [-0.25, -0.2) is 8.42 Å². The molecule has 0 atom stereocenters. The zero-order chi connectivity index (χ0) is 24.1. The smallest absolute Gasteiger partial charge is 0.241 e. The molecule has 0 unspecified atom stereocenters. The molecule has 2 aromatic rings. The quantitative estimate of drug-likeness (QED) is 0.520. The summed E-state index contributed by atoms with van der Waals surface area (Å²) in [5.74, 6) is 2.13. The zero-order valence-electron chi connectivity index (χ0n) is 19.3. The first-order valence-corrected chi connectivity index (χ1v) is 14.5. The Kier molecular flexibility index (Phi) is 6.36. The Bertz CT molecular complexity index is 1160. The first-order chi connectivity index (χ1) is 16.1. The van der Waals surface area contributed by atoms with Gasteiger partial charge in [0.05, 0.1) is 11.9 Å². The summed E-state index contributed by atoms with van der Waals surface area (Å²) in [7, 11) is -3.64. The maximum atomic E-state index is 12.6. The molecule has 5 nitrogen and oxygen atoms in total. The highest BCUT2D eigenvalue weighted by Crippen LogP contribution is 2.60. The summed E-state index contributed by atoms with van der Waals surface area (Å²) in [5.41, 5.74) is 2.80. The van der Waals surface area contributed by atoms with Gasteiger partial charge in [0.25, 0.3) is 0 Å². The molecule has 4 aliphatic carbocycles. The van der Waals surface area contributed by atoms with Crippen molar-refractivity contribution in [2.45, 2.75) is 50.5 Å². The fraction of sp³-hybridized carbons (Fsp3) is 0.500. The van der Waals surface area contributed by atoms with Gasteiger partial charge in [-0.3, -0.25) is 9.10 Å². The van der Waals surface area contributed by atoms with Gasteiger partial charge in [-0.2, -0.15) is 0 Å². The molecule has 6 rings (SSSR count). The minimum atomic E-state index is -3.64. The third kappa shape index (κ3) is 4.82. The third-order valence-corrected chi connectivity index (χ3v) is 9.71. The standard InChI is InChI=1S/C26H30Cl2N2O3S/c1-34(32,33)30(16-25(31)29-15-20-2-5-22(27)11-24(20)28)23-6-3-21(4-7-23)26-12-17-8-18(13-26)10-19(9-17)14-26/h2-7,11,17-19H,8-10,12-16H2,1H3,(H,29,31). The summed E-state index contributed by atoms with van der Waals surface area (Å²) in [6, 6.07) is 12.9. The highest BCUT2D eigenvalue weighted by molar-refractivity contribution is 7.92. The first kappa shape index (κ1) is 24.0. The van der Waals surface area contributed by atoms with Crippen molar-refractivity contribution in [3.05, 3.63) is 63.6 Å². The summed E-state index contributed by atoms with van der Waals surface area (Å²) in [5, 5.41) is 3.73. The highest BCUT2D eigenvalue weighted by Gasteiger charge is 2.51. The molecule has 0 radical (unpaired) electrons. The third-order valence-electron chi connectivity index (χ3n) is 7.98. The number of nitrogens with zero attached hydrogens (tertiary/aromatic N) is 1. The van der Waals surface area contributed by atoms with Crippen molar-refractivity contribution in [2.75, 3.05) is 17.1 Å². The second-order valence-electron chi connectivity index (χ2n) is 10.5. The number of rotatable bonds is 7. The predicted octanol–water partition coefficient (Wildman–Crippen LogP) is 5.54. The average Bonchev–Trinajstić information content (AvgIpc) is 2.75. The van der Waals surface area contributed by atoms with E-state index in [4.69, 9.17) is 23.2 Å². The molecule has 34 heavy (non-hydrogen) atoms. The summed E-state index contributed by atoms with van der Waals surface area (Å²) >= 11 is 12.1. The zero-order valence-corrected chi connectivity index (χ0v) is 21.6. The second-order valence-corrected chi connectivity index (χ2v) is 13.3. The molecule has 182 valence electrons. The van der Waals surface area contributed by atoms with E-state index in [0.29, 0.717) is 21.3 Å². The first-order valence-electron chi connectivity index (χ1n) is 11.9. The summed E-state index contributed by atoms with van der Waals surface area (Å²) in [6.07, 6.45) is 9.04. The Morgan fingerprint density at radius 1 is 1.00 bits per heavy atom. The SMILES string of the molecule is CS(=O)(=O)N(CC(=O)NCc1ccc(Cl)cc1Cl)c1ccc(C23CC4CC(CC(C4)C2)C3)cc1. The van der Waals surface area contributed by atoms with E-state index in [1.807, 2.05) is 12.1 Å². The fourth-order valence-electron chi connectivity index (χ4n) is 6.89. The molecule has 4 saturated carbocycles. The van der Waals surface area contributed by atoms with Crippen LogP contribution in [0.2, 0.25) is 10.0 Å². The van der Waals surface area contributed by atoms with E-state index in [-0.39, 0.29) is 18.5 Å². The van der Waals surface area contributed by atoms with Crippen LogP contribution in [0.3, 0.4) is 0 Å². The van der Waals surface area contributed by atoms with Gasteiger partial charge in [-0.1, -0.05) is 41.4 Å². The van der Waals surface area contributed by atoms with E-state index >= 15 is 0 Å². The predicted molar refractivity (Wildman–Crippen MR) is 137 cm³/mol. The molecule has 0 saturated heterocycles. The van der Waals surface area contributed by atoms with Gasteiger partial charge in [0.15, 0.2) is 0 Å². The molecule has 0 heterocycles. The van der Waals surface area contributed by atoms with E-state index in [1.165, 1.54) is 44.1 Å². The van der Waals surface area contributed by atoms with Crippen LogP contribution in [0.4, 0.5) is 5.69 Å². The van der Waals surface area contributed by atoms with Gasteiger partial charge in [-0.05, 0) is 97.1 Å². The van der Waals surface area contributed by atoms with Crippen LogP contribution in [0, 0.1) is 17.8 Å². The van der Waals surface area contributed by atoms with Crippen LogP contribution in [0.15, 0.2) is 42.5 Å². The largest absolute Gasteiger partial charge is 0.350 e. The van der Waals surface area contributed by atoms with Crippen molar-refractivity contribution >= 4 is 44.8 Å². The number of carbonyl (C=O) groups is 1. The van der Waals surface area contributed by atoms with Crippen molar-refractivity contribution < 1.29 is 13.2 Å². The fourth-order valence-corrected chi connectivity index (χ4v) is 8.22. The Hall–Kier alpha value is -1.76. The number of amides is 1. The minimum absolute atomic E-state index is 0.192. The molecule has 4 bridgehead atoms. The summed E-state index contributed by atoms with van der Waals surface area (Å²) in [4.78, 5) is 12.6. The van der Waals surface area contributed by atoms with Gasteiger partial charge < -0.3 is 5.32 Å². The van der Waals surface area contributed by atoms with Crippen molar-refractivity contribution in [1.82, 2.24) is 5.32 Å². The molecular weight excluding hydrogens is 491 g/mol. The minimum Gasteiger partial charge on any atom is -0.350 e. The topological polar surface area (TPSA) is 66.5 Å². The number of anilines is 1. The van der Waals surface area contributed by atoms with Gasteiger partial charge >= 0.3 is 0 Å². The number of sulfonamides is 1. The van der Waals surface area contributed by atoms with Crippen LogP contribution in [0.25, 0.3) is 0 Å². The number of hydrogen-bond donors (Lipinski definition) is 1. The lowest BCUT2D eigenvalue weighted by Crippen LogP contribution is -2.48. The number of benzene rings is 2. The summed E-state index contributed by atoms with van der Waals surface area (Å²) < 4.78 is 26.3. The maximum absolute atomic E-state index is 12.6.